The average Bonchev–Trinajstić information content (AvgIpc) is 2.45. The lowest BCUT2D eigenvalue weighted by atomic mass is 9.87. The third-order valence-corrected chi connectivity index (χ3v) is 3.73. The van der Waals surface area contributed by atoms with E-state index >= 15 is 0 Å². The summed E-state index contributed by atoms with van der Waals surface area (Å²) in [7, 11) is 1.36. The van der Waals surface area contributed by atoms with Crippen molar-refractivity contribution in [3.8, 4) is 5.75 Å². The predicted molar refractivity (Wildman–Crippen MR) is 73.3 cm³/mol. The maximum Gasteiger partial charge on any atom is 0.254 e. The van der Waals surface area contributed by atoms with E-state index in [2.05, 4.69) is 5.32 Å². The van der Waals surface area contributed by atoms with Crippen LogP contribution in [0.5, 0.6) is 5.75 Å². The van der Waals surface area contributed by atoms with Crippen LogP contribution in [0.1, 0.15) is 36.0 Å². The summed E-state index contributed by atoms with van der Waals surface area (Å²) >= 11 is 0. The maximum absolute atomic E-state index is 13.9. The zero-order chi connectivity index (χ0) is 14.5. The monoisotopic (exact) mass is 281 g/mol. The Morgan fingerprint density at radius 3 is 3.00 bits per heavy atom. The molecule has 5 heteroatoms. The molecule has 0 radical (unpaired) electrons. The second kappa shape index (κ2) is 6.70. The van der Waals surface area contributed by atoms with E-state index in [1.165, 1.54) is 19.2 Å². The number of methoxy groups -OCH3 is 1. The average molecular weight is 281 g/mol. The van der Waals surface area contributed by atoms with Gasteiger partial charge < -0.3 is 15.2 Å². The minimum atomic E-state index is -0.642. The predicted octanol–water partition coefficient (Wildman–Crippen LogP) is 2.12. The Balaban J connectivity index is 1.95. The normalized spacial score (nSPS) is 22.4. The van der Waals surface area contributed by atoms with Crippen LogP contribution in [0, 0.1) is 11.7 Å². The largest absolute Gasteiger partial charge is 0.494 e. The smallest absolute Gasteiger partial charge is 0.254 e. The molecule has 2 atom stereocenters. The fourth-order valence-electron chi connectivity index (χ4n) is 2.62. The van der Waals surface area contributed by atoms with Crippen LogP contribution in [0.3, 0.4) is 0 Å². The number of aliphatic hydroxyl groups excluding tert-OH is 1. The SMILES string of the molecule is COc1cccc(C(=O)NCC2CCCC(O)C2)c1F. The van der Waals surface area contributed by atoms with Gasteiger partial charge in [-0.25, -0.2) is 4.39 Å². The summed E-state index contributed by atoms with van der Waals surface area (Å²) in [6, 6.07) is 4.49. The molecule has 0 saturated heterocycles. The van der Waals surface area contributed by atoms with Crippen LogP contribution < -0.4 is 10.1 Å². The van der Waals surface area contributed by atoms with Crippen LogP contribution >= 0.6 is 0 Å². The van der Waals surface area contributed by atoms with Gasteiger partial charge in [0, 0.05) is 6.54 Å². The summed E-state index contributed by atoms with van der Waals surface area (Å²) in [6.07, 6.45) is 3.20. The van der Waals surface area contributed by atoms with E-state index in [1.54, 1.807) is 6.07 Å². The first kappa shape index (κ1) is 14.8. The molecule has 1 aliphatic carbocycles. The minimum absolute atomic E-state index is 0.0132. The number of carbonyl (C=O) groups is 1. The third-order valence-electron chi connectivity index (χ3n) is 3.73. The molecule has 2 N–H and O–H groups in total. The highest BCUT2D eigenvalue weighted by molar-refractivity contribution is 5.94. The zero-order valence-corrected chi connectivity index (χ0v) is 11.6. The van der Waals surface area contributed by atoms with Crippen LogP contribution in [0.15, 0.2) is 18.2 Å². The zero-order valence-electron chi connectivity index (χ0n) is 11.6. The molecule has 1 saturated carbocycles. The van der Waals surface area contributed by atoms with Gasteiger partial charge in [0.1, 0.15) is 0 Å². The van der Waals surface area contributed by atoms with Gasteiger partial charge in [0.15, 0.2) is 11.6 Å². The number of amides is 1. The molecule has 0 aromatic heterocycles. The van der Waals surface area contributed by atoms with Crippen LogP contribution in [0.4, 0.5) is 4.39 Å². The number of hydrogen-bond acceptors (Lipinski definition) is 3. The Bertz CT molecular complexity index is 478. The van der Waals surface area contributed by atoms with E-state index in [1.807, 2.05) is 0 Å². The van der Waals surface area contributed by atoms with Gasteiger partial charge in [-0.15, -0.1) is 0 Å². The topological polar surface area (TPSA) is 58.6 Å². The number of rotatable bonds is 4. The quantitative estimate of drug-likeness (QED) is 0.888. The van der Waals surface area contributed by atoms with Crippen molar-refractivity contribution in [2.45, 2.75) is 31.8 Å². The lowest BCUT2D eigenvalue weighted by Crippen LogP contribution is -2.33. The van der Waals surface area contributed by atoms with Crippen molar-refractivity contribution in [1.82, 2.24) is 5.32 Å². The first-order chi connectivity index (χ1) is 9.61. The summed E-state index contributed by atoms with van der Waals surface area (Å²) in [4.78, 5) is 12.0. The van der Waals surface area contributed by atoms with Gasteiger partial charge in [0.25, 0.3) is 5.91 Å². The molecule has 1 aromatic rings. The van der Waals surface area contributed by atoms with E-state index in [0.717, 1.165) is 19.3 Å². The Labute approximate surface area is 117 Å². The van der Waals surface area contributed by atoms with Crippen molar-refractivity contribution in [2.75, 3.05) is 13.7 Å². The number of nitrogens with one attached hydrogen (secondary N) is 1. The molecule has 1 fully saturated rings. The molecule has 4 nitrogen and oxygen atoms in total. The highest BCUT2D eigenvalue weighted by atomic mass is 19.1. The van der Waals surface area contributed by atoms with E-state index in [-0.39, 0.29) is 23.3 Å². The minimum Gasteiger partial charge on any atom is -0.494 e. The van der Waals surface area contributed by atoms with Gasteiger partial charge in [-0.05, 0) is 37.3 Å². The molecule has 1 aromatic carbocycles. The van der Waals surface area contributed by atoms with Gasteiger partial charge in [-0.1, -0.05) is 12.5 Å². The molecule has 1 amide bonds. The van der Waals surface area contributed by atoms with Crippen LogP contribution in [0.2, 0.25) is 0 Å². The molecular formula is C15H20FNO3. The van der Waals surface area contributed by atoms with Crippen molar-refractivity contribution >= 4 is 5.91 Å². The molecule has 20 heavy (non-hydrogen) atoms. The van der Waals surface area contributed by atoms with Gasteiger partial charge in [-0.2, -0.15) is 0 Å². The van der Waals surface area contributed by atoms with Gasteiger partial charge in [0.05, 0.1) is 18.8 Å². The van der Waals surface area contributed by atoms with Gasteiger partial charge in [-0.3, -0.25) is 4.79 Å². The van der Waals surface area contributed by atoms with Crippen molar-refractivity contribution in [3.63, 3.8) is 0 Å². The Kier molecular flexibility index (Phi) is 4.95. The number of ether oxygens (including phenoxy) is 1. The summed E-state index contributed by atoms with van der Waals surface area (Å²) in [5.41, 5.74) is -0.0132. The molecule has 2 rings (SSSR count). The van der Waals surface area contributed by atoms with E-state index in [9.17, 15) is 14.3 Å². The number of aliphatic hydroxyl groups is 1. The van der Waals surface area contributed by atoms with Crippen LogP contribution in [0.25, 0.3) is 0 Å². The Morgan fingerprint density at radius 1 is 1.50 bits per heavy atom. The number of carbonyl (C=O) groups excluding carboxylic acids is 1. The summed E-state index contributed by atoms with van der Waals surface area (Å²) in [5, 5.41) is 12.3. The Morgan fingerprint density at radius 2 is 2.30 bits per heavy atom. The van der Waals surface area contributed by atoms with Crippen molar-refractivity contribution in [2.24, 2.45) is 5.92 Å². The first-order valence-corrected chi connectivity index (χ1v) is 6.90. The maximum atomic E-state index is 13.9. The second-order valence-corrected chi connectivity index (χ2v) is 5.22. The van der Waals surface area contributed by atoms with Gasteiger partial charge in [0.2, 0.25) is 0 Å². The molecule has 0 heterocycles. The fraction of sp³-hybridized carbons (Fsp3) is 0.533. The Hall–Kier alpha value is -1.62. The highest BCUT2D eigenvalue weighted by Crippen LogP contribution is 2.24. The third kappa shape index (κ3) is 3.48. The lowest BCUT2D eigenvalue weighted by Gasteiger charge is -2.25. The van der Waals surface area contributed by atoms with Crippen molar-refractivity contribution < 1.29 is 19.0 Å². The summed E-state index contributed by atoms with van der Waals surface area (Å²) in [6.45, 7) is 0.465. The number of halogens is 1. The molecular weight excluding hydrogens is 261 g/mol. The number of hydrogen-bond donors (Lipinski definition) is 2. The second-order valence-electron chi connectivity index (χ2n) is 5.22. The molecule has 2 unspecified atom stereocenters. The van der Waals surface area contributed by atoms with E-state index < -0.39 is 11.7 Å². The van der Waals surface area contributed by atoms with Crippen LogP contribution in [-0.4, -0.2) is 30.8 Å². The fourth-order valence-corrected chi connectivity index (χ4v) is 2.62. The molecule has 110 valence electrons. The molecule has 1 aliphatic rings. The molecule has 0 bridgehead atoms. The van der Waals surface area contributed by atoms with Gasteiger partial charge >= 0.3 is 0 Å². The van der Waals surface area contributed by atoms with E-state index in [0.29, 0.717) is 13.0 Å². The van der Waals surface area contributed by atoms with Crippen molar-refractivity contribution in [3.05, 3.63) is 29.6 Å². The first-order valence-electron chi connectivity index (χ1n) is 6.90. The molecule has 0 aliphatic heterocycles. The van der Waals surface area contributed by atoms with Crippen molar-refractivity contribution in [1.29, 1.82) is 0 Å². The van der Waals surface area contributed by atoms with E-state index in [4.69, 9.17) is 4.74 Å². The molecule has 0 spiro atoms. The van der Waals surface area contributed by atoms with Crippen LogP contribution in [-0.2, 0) is 0 Å². The number of benzene rings is 1. The standard InChI is InChI=1S/C15H20FNO3/c1-20-13-7-3-6-12(14(13)16)15(19)17-9-10-4-2-5-11(18)8-10/h3,6-7,10-11,18H,2,4-5,8-9H2,1H3,(H,17,19). The highest BCUT2D eigenvalue weighted by Gasteiger charge is 2.21. The lowest BCUT2D eigenvalue weighted by molar-refractivity contribution is 0.0870. The summed E-state index contributed by atoms with van der Waals surface area (Å²) in [5.74, 6) is -0.764. The summed E-state index contributed by atoms with van der Waals surface area (Å²) < 4.78 is 18.8.